The number of carbonyl (C=O) groups is 5. The standard InChI is InChI=1S/C10H14O2.C4H4N2O3S/c1-9(2)6-4-5-10(9,3)8(12)7(6)11;7-2-1(10)3(8)6-4(9)5-2/h6H,4-5H2,1-3H3;1,10H,(H2,5,6,7,8,9). The molecule has 8 heteroatoms. The van der Waals surface area contributed by atoms with Crippen LogP contribution in [-0.4, -0.2) is 34.7 Å². The molecule has 22 heavy (non-hydrogen) atoms. The number of carbonyl (C=O) groups excluding carboxylic acids is 5. The van der Waals surface area contributed by atoms with Gasteiger partial charge in [-0.15, -0.1) is 0 Å². The maximum atomic E-state index is 11.6. The summed E-state index contributed by atoms with van der Waals surface area (Å²) >= 11 is 3.62. The van der Waals surface area contributed by atoms with Crippen LogP contribution in [0.3, 0.4) is 0 Å². The summed E-state index contributed by atoms with van der Waals surface area (Å²) in [5, 5.41) is 2.67. The van der Waals surface area contributed by atoms with E-state index in [0.29, 0.717) is 0 Å². The molecular weight excluding hydrogens is 308 g/mol. The highest BCUT2D eigenvalue weighted by molar-refractivity contribution is 7.82. The Hall–Kier alpha value is -1.70. The summed E-state index contributed by atoms with van der Waals surface area (Å²) in [4.78, 5) is 54.4. The van der Waals surface area contributed by atoms with E-state index in [4.69, 9.17) is 0 Å². The molecule has 2 unspecified atom stereocenters. The molecule has 0 radical (unpaired) electrons. The Balaban J connectivity index is 0.000000164. The molecule has 7 nitrogen and oxygen atoms in total. The van der Waals surface area contributed by atoms with E-state index in [0.717, 1.165) is 12.8 Å². The highest BCUT2D eigenvalue weighted by atomic mass is 32.1. The topological polar surface area (TPSA) is 109 Å². The number of hydrogen-bond donors (Lipinski definition) is 3. The van der Waals surface area contributed by atoms with Crippen LogP contribution >= 0.6 is 12.6 Å². The lowest BCUT2D eigenvalue weighted by Gasteiger charge is -2.31. The van der Waals surface area contributed by atoms with Gasteiger partial charge in [0.25, 0.3) is 0 Å². The number of amides is 4. The normalized spacial score (nSPS) is 33.3. The number of ketones is 2. The first-order valence-electron chi connectivity index (χ1n) is 6.95. The molecule has 1 saturated heterocycles. The molecule has 2 saturated carbocycles. The van der Waals surface area contributed by atoms with Crippen LogP contribution in [-0.2, 0) is 19.2 Å². The second-order valence-electron chi connectivity index (χ2n) is 6.55. The van der Waals surface area contributed by atoms with Crippen molar-refractivity contribution in [3.63, 3.8) is 0 Å². The number of barbiturate groups is 1. The summed E-state index contributed by atoms with van der Waals surface area (Å²) in [7, 11) is 0. The maximum absolute atomic E-state index is 11.6. The largest absolute Gasteiger partial charge is 0.328 e. The predicted octanol–water partition coefficient (Wildman–Crippen LogP) is 0.231. The molecule has 0 spiro atoms. The molecular formula is C14H18N2O5S. The third-order valence-electron chi connectivity index (χ3n) is 5.24. The van der Waals surface area contributed by atoms with Gasteiger partial charge >= 0.3 is 6.03 Å². The third kappa shape index (κ3) is 2.25. The van der Waals surface area contributed by atoms with Crippen molar-refractivity contribution in [1.29, 1.82) is 0 Å². The Morgan fingerprint density at radius 2 is 1.50 bits per heavy atom. The fraction of sp³-hybridized carbons (Fsp3) is 0.643. The van der Waals surface area contributed by atoms with Crippen LogP contribution in [0.25, 0.3) is 0 Å². The number of urea groups is 1. The van der Waals surface area contributed by atoms with Crippen molar-refractivity contribution < 1.29 is 24.0 Å². The molecule has 2 N–H and O–H groups in total. The van der Waals surface area contributed by atoms with Crippen molar-refractivity contribution in [3.8, 4) is 0 Å². The zero-order valence-corrected chi connectivity index (χ0v) is 13.5. The average Bonchev–Trinajstić information content (AvgIpc) is 2.72. The van der Waals surface area contributed by atoms with E-state index in [1.54, 1.807) is 0 Å². The van der Waals surface area contributed by atoms with Gasteiger partial charge in [0.05, 0.1) is 0 Å². The molecule has 3 rings (SSSR count). The minimum absolute atomic E-state index is 0.00926. The van der Waals surface area contributed by atoms with Crippen LogP contribution < -0.4 is 10.6 Å². The zero-order chi connectivity index (χ0) is 16.9. The Bertz CT molecular complexity index is 580. The van der Waals surface area contributed by atoms with E-state index in [1.807, 2.05) is 31.4 Å². The maximum Gasteiger partial charge on any atom is 0.328 e. The SMILES string of the molecule is CC12CCC(C(=O)C1=O)C2(C)C.O=C1NC(=O)C(S)C(=O)N1. The third-order valence-corrected chi connectivity index (χ3v) is 5.71. The number of fused-ring (bicyclic) bond motifs is 2. The van der Waals surface area contributed by atoms with Gasteiger partial charge in [0.15, 0.2) is 5.25 Å². The highest BCUT2D eigenvalue weighted by Crippen LogP contribution is 2.61. The summed E-state index contributed by atoms with van der Waals surface area (Å²) in [6.07, 6.45) is 1.81. The predicted molar refractivity (Wildman–Crippen MR) is 79.1 cm³/mol. The molecule has 0 aromatic heterocycles. The van der Waals surface area contributed by atoms with Gasteiger partial charge in [0, 0.05) is 11.3 Å². The highest BCUT2D eigenvalue weighted by Gasteiger charge is 2.66. The van der Waals surface area contributed by atoms with Crippen molar-refractivity contribution in [3.05, 3.63) is 0 Å². The lowest BCUT2D eigenvalue weighted by Crippen LogP contribution is -2.56. The number of imide groups is 2. The molecule has 120 valence electrons. The van der Waals surface area contributed by atoms with Gasteiger partial charge in [0.1, 0.15) is 0 Å². The van der Waals surface area contributed by atoms with Crippen LogP contribution in [0.1, 0.15) is 33.6 Å². The summed E-state index contributed by atoms with van der Waals surface area (Å²) in [5.74, 6) is -1.60. The minimum Gasteiger partial charge on any atom is -0.291 e. The quantitative estimate of drug-likeness (QED) is 0.335. The van der Waals surface area contributed by atoms with Gasteiger partial charge in [-0.25, -0.2) is 4.79 Å². The van der Waals surface area contributed by atoms with E-state index >= 15 is 0 Å². The second kappa shape index (κ2) is 5.19. The van der Waals surface area contributed by atoms with Crippen molar-refractivity contribution in [1.82, 2.24) is 10.6 Å². The van der Waals surface area contributed by atoms with Crippen LogP contribution in [0.15, 0.2) is 0 Å². The van der Waals surface area contributed by atoms with Crippen LogP contribution in [0, 0.1) is 16.7 Å². The summed E-state index contributed by atoms with van der Waals surface area (Å²) < 4.78 is 0. The van der Waals surface area contributed by atoms with Crippen molar-refractivity contribution in [2.24, 2.45) is 16.7 Å². The van der Waals surface area contributed by atoms with E-state index in [1.165, 1.54) is 0 Å². The first-order valence-corrected chi connectivity index (χ1v) is 7.46. The van der Waals surface area contributed by atoms with Crippen molar-refractivity contribution >= 4 is 42.0 Å². The van der Waals surface area contributed by atoms with E-state index in [9.17, 15) is 24.0 Å². The number of Topliss-reactive ketones (excluding diaryl/α,β-unsaturated/α-hetero) is 2. The van der Waals surface area contributed by atoms with Gasteiger partial charge < -0.3 is 0 Å². The summed E-state index contributed by atoms with van der Waals surface area (Å²) in [5.41, 5.74) is -0.448. The second-order valence-corrected chi connectivity index (χ2v) is 7.06. The Morgan fingerprint density at radius 1 is 1.00 bits per heavy atom. The van der Waals surface area contributed by atoms with Gasteiger partial charge in [-0.2, -0.15) is 12.6 Å². The first-order chi connectivity index (χ1) is 10.0. The average molecular weight is 326 g/mol. The van der Waals surface area contributed by atoms with Crippen LogP contribution in [0.2, 0.25) is 0 Å². The van der Waals surface area contributed by atoms with Crippen LogP contribution in [0.4, 0.5) is 4.79 Å². The van der Waals surface area contributed by atoms with E-state index in [-0.39, 0.29) is 28.3 Å². The molecule has 2 bridgehead atoms. The molecule has 0 aromatic carbocycles. The molecule has 4 amide bonds. The van der Waals surface area contributed by atoms with Gasteiger partial charge in [-0.05, 0) is 18.3 Å². The smallest absolute Gasteiger partial charge is 0.291 e. The van der Waals surface area contributed by atoms with Gasteiger partial charge in [-0.1, -0.05) is 20.8 Å². The number of rotatable bonds is 0. The Morgan fingerprint density at radius 3 is 1.82 bits per heavy atom. The first kappa shape index (κ1) is 16.7. The van der Waals surface area contributed by atoms with Crippen molar-refractivity contribution in [2.45, 2.75) is 38.9 Å². The lowest BCUT2D eigenvalue weighted by atomic mass is 9.70. The minimum atomic E-state index is -1.07. The van der Waals surface area contributed by atoms with Gasteiger partial charge in [0.2, 0.25) is 23.4 Å². The molecule has 3 aliphatic rings. The fourth-order valence-corrected chi connectivity index (χ4v) is 3.44. The number of hydrogen-bond acceptors (Lipinski definition) is 6. The van der Waals surface area contributed by atoms with Crippen LogP contribution in [0.5, 0.6) is 0 Å². The number of nitrogens with one attached hydrogen (secondary N) is 2. The van der Waals surface area contributed by atoms with E-state index < -0.39 is 23.1 Å². The fourth-order valence-electron chi connectivity index (χ4n) is 3.31. The summed E-state index contributed by atoms with van der Waals surface area (Å²) in [6.45, 7) is 6.04. The molecule has 3 fully saturated rings. The van der Waals surface area contributed by atoms with E-state index in [2.05, 4.69) is 12.6 Å². The Labute approximate surface area is 133 Å². The molecule has 1 heterocycles. The van der Waals surface area contributed by atoms with Crippen molar-refractivity contribution in [2.75, 3.05) is 0 Å². The molecule has 2 aliphatic carbocycles. The lowest BCUT2D eigenvalue weighted by molar-refractivity contribution is -0.141. The number of thiol groups is 1. The van der Waals surface area contributed by atoms with Gasteiger partial charge in [-0.3, -0.25) is 29.8 Å². The molecule has 1 aliphatic heterocycles. The monoisotopic (exact) mass is 326 g/mol. The Kier molecular flexibility index (Phi) is 3.93. The summed E-state index contributed by atoms with van der Waals surface area (Å²) in [6, 6.07) is -0.791. The molecule has 2 atom stereocenters. The zero-order valence-electron chi connectivity index (χ0n) is 12.6. The molecule has 0 aromatic rings.